The van der Waals surface area contributed by atoms with Gasteiger partial charge in [0.15, 0.2) is 0 Å². The molecule has 1 unspecified atom stereocenters. The first-order valence-electron chi connectivity index (χ1n) is 13.4. The largest absolute Gasteiger partial charge is 0.497 e. The third-order valence-corrected chi connectivity index (χ3v) is 7.43. The normalized spacial score (nSPS) is 14.9. The highest BCUT2D eigenvalue weighted by Gasteiger charge is 2.23. The lowest BCUT2D eigenvalue weighted by molar-refractivity contribution is -0.121. The van der Waals surface area contributed by atoms with Crippen LogP contribution in [0.25, 0.3) is 10.9 Å². The number of benzene rings is 3. The number of para-hydroxylation sites is 1. The van der Waals surface area contributed by atoms with Crippen molar-refractivity contribution in [3.63, 3.8) is 0 Å². The SMILES string of the molecule is COc1ccc(C(CC(=O)NCCN2CCOCC2)c2cn(Cc3ccc(C)cc3)c3ccccc23)cc1. The van der Waals surface area contributed by atoms with Crippen molar-refractivity contribution >= 4 is 16.8 Å². The van der Waals surface area contributed by atoms with Gasteiger partial charge in [0.1, 0.15) is 5.75 Å². The van der Waals surface area contributed by atoms with E-state index in [0.717, 1.165) is 50.7 Å². The Morgan fingerprint density at radius 2 is 1.74 bits per heavy atom. The van der Waals surface area contributed by atoms with Crippen LogP contribution in [0.1, 0.15) is 34.6 Å². The maximum absolute atomic E-state index is 13.2. The summed E-state index contributed by atoms with van der Waals surface area (Å²) in [5.74, 6) is 0.798. The third kappa shape index (κ3) is 6.26. The van der Waals surface area contributed by atoms with Crippen LogP contribution in [0.5, 0.6) is 5.75 Å². The van der Waals surface area contributed by atoms with E-state index >= 15 is 0 Å². The number of carbonyl (C=O) groups is 1. The number of aryl methyl sites for hydroxylation is 1. The lowest BCUT2D eigenvalue weighted by Crippen LogP contribution is -2.41. The van der Waals surface area contributed by atoms with Gasteiger partial charge in [-0.15, -0.1) is 0 Å². The second-order valence-electron chi connectivity index (χ2n) is 10.0. The molecule has 1 aliphatic heterocycles. The van der Waals surface area contributed by atoms with Gasteiger partial charge < -0.3 is 19.4 Å². The van der Waals surface area contributed by atoms with Gasteiger partial charge in [0.2, 0.25) is 5.91 Å². The predicted molar refractivity (Wildman–Crippen MR) is 152 cm³/mol. The molecular formula is C32H37N3O3. The smallest absolute Gasteiger partial charge is 0.220 e. The van der Waals surface area contributed by atoms with Crippen molar-refractivity contribution in [1.82, 2.24) is 14.8 Å². The highest BCUT2D eigenvalue weighted by molar-refractivity contribution is 5.86. The Morgan fingerprint density at radius 1 is 1.00 bits per heavy atom. The number of nitrogens with zero attached hydrogens (tertiary/aromatic N) is 2. The number of nitrogens with one attached hydrogen (secondary N) is 1. The van der Waals surface area contributed by atoms with E-state index < -0.39 is 0 Å². The summed E-state index contributed by atoms with van der Waals surface area (Å²) in [5, 5.41) is 4.35. The van der Waals surface area contributed by atoms with Crippen molar-refractivity contribution in [3.05, 3.63) is 101 Å². The first-order chi connectivity index (χ1) is 18.6. The zero-order valence-corrected chi connectivity index (χ0v) is 22.4. The summed E-state index contributed by atoms with van der Waals surface area (Å²) in [4.78, 5) is 15.6. The first-order valence-corrected chi connectivity index (χ1v) is 13.4. The molecule has 0 radical (unpaired) electrons. The number of carbonyl (C=O) groups excluding carboxylic acids is 1. The van der Waals surface area contributed by atoms with Gasteiger partial charge in [-0.3, -0.25) is 9.69 Å². The van der Waals surface area contributed by atoms with E-state index in [0.29, 0.717) is 13.0 Å². The van der Waals surface area contributed by atoms with Gasteiger partial charge in [0.25, 0.3) is 0 Å². The molecule has 1 atom stereocenters. The van der Waals surface area contributed by atoms with Gasteiger partial charge in [-0.05, 0) is 41.8 Å². The summed E-state index contributed by atoms with van der Waals surface area (Å²) in [6.45, 7) is 7.75. The molecule has 1 saturated heterocycles. The van der Waals surface area contributed by atoms with Crippen LogP contribution in [0.3, 0.4) is 0 Å². The molecule has 1 N–H and O–H groups in total. The van der Waals surface area contributed by atoms with E-state index in [-0.39, 0.29) is 11.8 Å². The number of fused-ring (bicyclic) bond motifs is 1. The minimum absolute atomic E-state index is 0.0643. The number of hydrogen-bond acceptors (Lipinski definition) is 4. The summed E-state index contributed by atoms with van der Waals surface area (Å²) in [6, 6.07) is 25.3. The summed E-state index contributed by atoms with van der Waals surface area (Å²) >= 11 is 0. The molecule has 0 aliphatic carbocycles. The van der Waals surface area contributed by atoms with Crippen LogP contribution >= 0.6 is 0 Å². The molecule has 3 aromatic carbocycles. The van der Waals surface area contributed by atoms with Crippen molar-refractivity contribution in [2.24, 2.45) is 0 Å². The van der Waals surface area contributed by atoms with Crippen molar-refractivity contribution in [2.45, 2.75) is 25.8 Å². The Hall–Kier alpha value is -3.61. The fraction of sp³-hybridized carbons (Fsp3) is 0.344. The van der Waals surface area contributed by atoms with Crippen molar-refractivity contribution in [3.8, 4) is 5.75 Å². The number of methoxy groups -OCH3 is 1. The highest BCUT2D eigenvalue weighted by atomic mass is 16.5. The van der Waals surface area contributed by atoms with Crippen LogP contribution in [-0.2, 0) is 16.1 Å². The van der Waals surface area contributed by atoms with E-state index in [1.54, 1.807) is 7.11 Å². The van der Waals surface area contributed by atoms with E-state index in [1.807, 2.05) is 12.1 Å². The number of amides is 1. The molecule has 0 saturated carbocycles. The maximum Gasteiger partial charge on any atom is 0.220 e. The second-order valence-corrected chi connectivity index (χ2v) is 10.0. The van der Waals surface area contributed by atoms with Crippen LogP contribution in [0.4, 0.5) is 0 Å². The summed E-state index contributed by atoms with van der Waals surface area (Å²) < 4.78 is 13.1. The Bertz CT molecular complexity index is 1340. The molecule has 0 bridgehead atoms. The Balaban J connectivity index is 1.42. The zero-order valence-electron chi connectivity index (χ0n) is 22.4. The van der Waals surface area contributed by atoms with E-state index in [2.05, 4.69) is 88.6 Å². The maximum atomic E-state index is 13.2. The number of hydrogen-bond donors (Lipinski definition) is 1. The lowest BCUT2D eigenvalue weighted by Gasteiger charge is -2.26. The molecule has 6 heteroatoms. The number of morpholine rings is 1. The molecule has 5 rings (SSSR count). The van der Waals surface area contributed by atoms with Crippen LogP contribution in [-0.4, -0.2) is 61.9 Å². The summed E-state index contributed by atoms with van der Waals surface area (Å²) in [6.07, 6.45) is 2.62. The van der Waals surface area contributed by atoms with Gasteiger partial charge in [-0.25, -0.2) is 0 Å². The van der Waals surface area contributed by atoms with Crippen molar-refractivity contribution in [2.75, 3.05) is 46.5 Å². The highest BCUT2D eigenvalue weighted by Crippen LogP contribution is 2.35. The topological polar surface area (TPSA) is 55.7 Å². The number of ether oxygens (including phenoxy) is 2. The molecule has 1 amide bonds. The first kappa shape index (κ1) is 26.0. The van der Waals surface area contributed by atoms with Crippen molar-refractivity contribution < 1.29 is 14.3 Å². The fourth-order valence-corrected chi connectivity index (χ4v) is 5.25. The minimum atomic E-state index is -0.0755. The van der Waals surface area contributed by atoms with Crippen LogP contribution in [0.15, 0.2) is 79.0 Å². The van der Waals surface area contributed by atoms with Crippen LogP contribution in [0, 0.1) is 6.92 Å². The number of aromatic nitrogens is 1. The molecule has 0 spiro atoms. The van der Waals surface area contributed by atoms with E-state index in [1.165, 1.54) is 27.6 Å². The summed E-state index contributed by atoms with van der Waals surface area (Å²) in [7, 11) is 1.67. The van der Waals surface area contributed by atoms with Gasteiger partial charge in [-0.2, -0.15) is 0 Å². The monoisotopic (exact) mass is 511 g/mol. The molecule has 38 heavy (non-hydrogen) atoms. The Morgan fingerprint density at radius 3 is 2.47 bits per heavy atom. The third-order valence-electron chi connectivity index (χ3n) is 7.43. The minimum Gasteiger partial charge on any atom is -0.497 e. The Kier molecular flexibility index (Phi) is 8.41. The number of rotatable bonds is 10. The molecule has 198 valence electrons. The van der Waals surface area contributed by atoms with Crippen LogP contribution in [0.2, 0.25) is 0 Å². The average molecular weight is 512 g/mol. The van der Waals surface area contributed by atoms with E-state index in [9.17, 15) is 4.79 Å². The van der Waals surface area contributed by atoms with E-state index in [4.69, 9.17) is 9.47 Å². The quantitative estimate of drug-likeness (QED) is 0.326. The molecule has 1 aromatic heterocycles. The van der Waals surface area contributed by atoms with Gasteiger partial charge in [0.05, 0.1) is 20.3 Å². The molecule has 1 fully saturated rings. The average Bonchev–Trinajstić information content (AvgIpc) is 3.31. The van der Waals surface area contributed by atoms with Gasteiger partial charge >= 0.3 is 0 Å². The molecule has 6 nitrogen and oxygen atoms in total. The predicted octanol–water partition coefficient (Wildman–Crippen LogP) is 4.98. The second kappa shape index (κ2) is 12.3. The Labute approximate surface area is 225 Å². The van der Waals surface area contributed by atoms with Gasteiger partial charge in [-0.1, -0.05) is 60.2 Å². The van der Waals surface area contributed by atoms with Crippen LogP contribution < -0.4 is 10.1 Å². The fourth-order valence-electron chi connectivity index (χ4n) is 5.25. The molecule has 2 heterocycles. The van der Waals surface area contributed by atoms with Gasteiger partial charge in [0, 0.05) is 62.2 Å². The molecule has 1 aliphatic rings. The summed E-state index contributed by atoms with van der Waals surface area (Å²) in [5.41, 5.74) is 5.96. The standard InChI is InChI=1S/C32H37N3O3/c1-24-7-9-25(10-8-24)22-35-23-30(28-5-3-4-6-31(28)35)29(26-11-13-27(37-2)14-12-26)21-32(36)33-15-16-34-17-19-38-20-18-34/h3-14,23,29H,15-22H2,1-2H3,(H,33,36). The molecular weight excluding hydrogens is 474 g/mol. The van der Waals surface area contributed by atoms with Crippen molar-refractivity contribution in [1.29, 1.82) is 0 Å². The zero-order chi connectivity index (χ0) is 26.3. The lowest BCUT2D eigenvalue weighted by atomic mass is 9.88. The molecule has 4 aromatic rings.